The molecule has 2 heterocycles. The maximum absolute atomic E-state index is 13.5. The van der Waals surface area contributed by atoms with Gasteiger partial charge in [-0.15, -0.1) is 0 Å². The molecule has 1 aliphatic heterocycles. The number of rotatable bonds is 9. The van der Waals surface area contributed by atoms with Gasteiger partial charge >= 0.3 is 19.1 Å². The number of ether oxygens (including phenoxy) is 1. The molecule has 190 valence electrons. The normalized spacial score (nSPS) is 17.8. The van der Waals surface area contributed by atoms with E-state index in [0.717, 1.165) is 5.56 Å². The Bertz CT molecular complexity index is 1050. The second-order valence-electron chi connectivity index (χ2n) is 8.80. The molecule has 0 saturated carbocycles. The number of benzene rings is 1. The topological polar surface area (TPSA) is 146 Å². The van der Waals surface area contributed by atoms with Gasteiger partial charge < -0.3 is 24.7 Å². The van der Waals surface area contributed by atoms with E-state index in [9.17, 15) is 19.2 Å². The lowest BCUT2D eigenvalue weighted by Crippen LogP contribution is -2.58. The van der Waals surface area contributed by atoms with E-state index in [2.05, 4.69) is 20.6 Å². The first-order chi connectivity index (χ1) is 17.2. The van der Waals surface area contributed by atoms with E-state index < -0.39 is 55.6 Å². The summed E-state index contributed by atoms with van der Waals surface area (Å²) >= 11 is 0. The van der Waals surface area contributed by atoms with E-state index in [1.807, 2.05) is 44.2 Å². The van der Waals surface area contributed by atoms with Crippen molar-refractivity contribution in [3.05, 3.63) is 60.2 Å². The summed E-state index contributed by atoms with van der Waals surface area (Å²) in [5, 5.41) is 5.52. The molecule has 2 aromatic rings. The Morgan fingerprint density at radius 2 is 1.86 bits per heavy atom. The van der Waals surface area contributed by atoms with Crippen LogP contribution in [0.5, 0.6) is 0 Å². The largest absolute Gasteiger partial charge is 0.622 e. The van der Waals surface area contributed by atoms with Crippen molar-refractivity contribution in [2.45, 2.75) is 51.7 Å². The third-order valence-corrected chi connectivity index (χ3v) is 5.34. The molecular formula is C24H29BN4O7. The van der Waals surface area contributed by atoms with Gasteiger partial charge in [-0.3, -0.25) is 24.2 Å². The highest BCUT2D eigenvalue weighted by molar-refractivity contribution is 6.51. The highest BCUT2D eigenvalue weighted by Crippen LogP contribution is 2.14. The lowest BCUT2D eigenvalue weighted by Gasteiger charge is -2.29. The number of aromatic nitrogens is 2. The summed E-state index contributed by atoms with van der Waals surface area (Å²) in [6.45, 7) is 4.87. The van der Waals surface area contributed by atoms with Crippen LogP contribution in [-0.4, -0.2) is 65.5 Å². The third kappa shape index (κ3) is 7.87. The first-order valence-corrected chi connectivity index (χ1v) is 11.7. The van der Waals surface area contributed by atoms with Gasteiger partial charge in [0, 0.05) is 18.8 Å². The molecule has 12 heteroatoms. The van der Waals surface area contributed by atoms with Crippen molar-refractivity contribution in [1.29, 1.82) is 0 Å². The SMILES string of the molecule is CC(C)C[C@H](NC(=O)C(Cc1ccccc1)NC(=O)c1cnccn1)B1OC(=O)COC(C)C(=O)O1. The minimum Gasteiger partial charge on any atom is -0.496 e. The molecule has 3 atom stereocenters. The molecule has 11 nitrogen and oxygen atoms in total. The van der Waals surface area contributed by atoms with Crippen LogP contribution < -0.4 is 10.6 Å². The maximum atomic E-state index is 13.5. The lowest BCUT2D eigenvalue weighted by atomic mass is 9.73. The van der Waals surface area contributed by atoms with Gasteiger partial charge in [-0.25, -0.2) is 4.98 Å². The number of carbonyl (C=O) groups is 4. The Morgan fingerprint density at radius 3 is 2.53 bits per heavy atom. The standard InChI is InChI=1S/C24H29BN4O7/c1-15(2)11-20(25-35-21(30)14-34-16(3)24(33)36-25)29-22(31)18(12-17-7-5-4-6-8-17)28-23(32)19-13-26-9-10-27-19/h4-10,13,15-16,18,20H,11-12,14H2,1-3H3,(H,28,32)(H,29,31)/t16?,18?,20-/m0/s1. The summed E-state index contributed by atoms with van der Waals surface area (Å²) < 4.78 is 15.7. The van der Waals surface area contributed by atoms with Crippen molar-refractivity contribution in [2.75, 3.05) is 6.61 Å². The molecule has 2 unspecified atom stereocenters. The highest BCUT2D eigenvalue weighted by atomic mass is 16.7. The van der Waals surface area contributed by atoms with Gasteiger partial charge in [-0.1, -0.05) is 44.2 Å². The molecule has 1 saturated heterocycles. The molecule has 1 fully saturated rings. The van der Waals surface area contributed by atoms with Crippen LogP contribution in [0, 0.1) is 5.92 Å². The van der Waals surface area contributed by atoms with E-state index in [-0.39, 0.29) is 18.0 Å². The fourth-order valence-electron chi connectivity index (χ4n) is 3.56. The van der Waals surface area contributed by atoms with Crippen molar-refractivity contribution in [1.82, 2.24) is 20.6 Å². The first-order valence-electron chi connectivity index (χ1n) is 11.7. The monoisotopic (exact) mass is 496 g/mol. The summed E-state index contributed by atoms with van der Waals surface area (Å²) in [7, 11) is -1.35. The van der Waals surface area contributed by atoms with E-state index in [4.69, 9.17) is 14.0 Å². The van der Waals surface area contributed by atoms with E-state index in [1.165, 1.54) is 25.5 Å². The molecular weight excluding hydrogens is 467 g/mol. The molecule has 0 spiro atoms. The molecule has 1 aliphatic rings. The van der Waals surface area contributed by atoms with Crippen molar-refractivity contribution < 1.29 is 33.2 Å². The summed E-state index contributed by atoms with van der Waals surface area (Å²) in [5.74, 6) is -3.36. The van der Waals surface area contributed by atoms with Gasteiger partial charge in [0.15, 0.2) is 6.10 Å². The summed E-state index contributed by atoms with van der Waals surface area (Å²) in [5.41, 5.74) is 0.867. The van der Waals surface area contributed by atoms with Crippen molar-refractivity contribution in [2.24, 2.45) is 5.92 Å². The number of amides is 2. The Morgan fingerprint density at radius 1 is 1.11 bits per heavy atom. The maximum Gasteiger partial charge on any atom is 0.622 e. The third-order valence-electron chi connectivity index (χ3n) is 5.34. The van der Waals surface area contributed by atoms with Crippen LogP contribution >= 0.6 is 0 Å². The predicted octanol–water partition coefficient (Wildman–Crippen LogP) is 0.881. The van der Waals surface area contributed by atoms with Crippen LogP contribution in [0.2, 0.25) is 0 Å². The smallest absolute Gasteiger partial charge is 0.496 e. The van der Waals surface area contributed by atoms with E-state index in [0.29, 0.717) is 6.42 Å². The van der Waals surface area contributed by atoms with Crippen LogP contribution in [0.1, 0.15) is 43.2 Å². The second kappa shape index (κ2) is 12.8. The van der Waals surface area contributed by atoms with Crippen LogP contribution in [0.4, 0.5) is 0 Å². The van der Waals surface area contributed by atoms with Crippen LogP contribution in [0.15, 0.2) is 48.9 Å². The molecule has 1 aromatic carbocycles. The zero-order valence-corrected chi connectivity index (χ0v) is 20.4. The average Bonchev–Trinajstić information content (AvgIpc) is 2.86. The number of hydrogen-bond donors (Lipinski definition) is 2. The predicted molar refractivity (Wildman–Crippen MR) is 128 cm³/mol. The minimum atomic E-state index is -1.35. The van der Waals surface area contributed by atoms with Crippen LogP contribution in [-0.2, 0) is 34.9 Å². The van der Waals surface area contributed by atoms with Crippen molar-refractivity contribution >= 4 is 30.9 Å². The number of nitrogens with zero attached hydrogens (tertiary/aromatic N) is 2. The van der Waals surface area contributed by atoms with Gasteiger partial charge in [-0.05, 0) is 24.8 Å². The average molecular weight is 496 g/mol. The number of carbonyl (C=O) groups excluding carboxylic acids is 4. The summed E-state index contributed by atoms with van der Waals surface area (Å²) in [6.07, 6.45) is 3.66. The molecule has 3 rings (SSSR count). The van der Waals surface area contributed by atoms with Gasteiger partial charge in [0.25, 0.3) is 5.91 Å². The summed E-state index contributed by atoms with van der Waals surface area (Å²) in [4.78, 5) is 58.6. The van der Waals surface area contributed by atoms with Gasteiger partial charge in [0.05, 0.1) is 12.1 Å². The van der Waals surface area contributed by atoms with Crippen molar-refractivity contribution in [3.8, 4) is 0 Å². The zero-order valence-electron chi connectivity index (χ0n) is 20.4. The molecule has 2 amide bonds. The lowest BCUT2D eigenvalue weighted by molar-refractivity contribution is -0.160. The Hall–Kier alpha value is -3.80. The quantitative estimate of drug-likeness (QED) is 0.483. The molecule has 0 bridgehead atoms. The Labute approximate surface area is 209 Å². The summed E-state index contributed by atoms with van der Waals surface area (Å²) in [6, 6.07) is 8.16. The second-order valence-corrected chi connectivity index (χ2v) is 8.80. The molecule has 0 aliphatic carbocycles. The van der Waals surface area contributed by atoms with Crippen molar-refractivity contribution in [3.63, 3.8) is 0 Å². The fourth-order valence-corrected chi connectivity index (χ4v) is 3.56. The van der Waals surface area contributed by atoms with E-state index in [1.54, 1.807) is 0 Å². The van der Waals surface area contributed by atoms with E-state index >= 15 is 0 Å². The Balaban J connectivity index is 1.82. The van der Waals surface area contributed by atoms with Crippen LogP contribution in [0.3, 0.4) is 0 Å². The first kappa shape index (κ1) is 26.8. The highest BCUT2D eigenvalue weighted by Gasteiger charge is 2.42. The zero-order chi connectivity index (χ0) is 26.1. The molecule has 36 heavy (non-hydrogen) atoms. The fraction of sp³-hybridized carbons (Fsp3) is 0.417. The van der Waals surface area contributed by atoms with Gasteiger partial charge in [0.2, 0.25) is 5.91 Å². The van der Waals surface area contributed by atoms with Gasteiger partial charge in [-0.2, -0.15) is 0 Å². The number of nitrogens with one attached hydrogen (secondary N) is 2. The Kier molecular flexibility index (Phi) is 9.51. The molecule has 1 aromatic heterocycles. The molecule has 0 radical (unpaired) electrons. The van der Waals surface area contributed by atoms with Crippen LogP contribution in [0.25, 0.3) is 0 Å². The van der Waals surface area contributed by atoms with Gasteiger partial charge in [0.1, 0.15) is 18.3 Å². The molecule has 2 N–H and O–H groups in total. The minimum absolute atomic E-state index is 0.0496. The number of hydrogen-bond acceptors (Lipinski definition) is 9.